The summed E-state index contributed by atoms with van der Waals surface area (Å²) in [6, 6.07) is -0.354. The van der Waals surface area contributed by atoms with Crippen LogP contribution in [0.3, 0.4) is 0 Å². The predicted octanol–water partition coefficient (Wildman–Crippen LogP) is -0.838. The van der Waals surface area contributed by atoms with Crippen LogP contribution in [-0.4, -0.2) is 65.8 Å². The molecule has 0 saturated carbocycles. The highest BCUT2D eigenvalue weighted by Crippen LogP contribution is 2.12. The molecule has 0 aromatic carbocycles. The van der Waals surface area contributed by atoms with E-state index in [0.717, 1.165) is 4.90 Å². The topological polar surface area (TPSA) is 98.9 Å². The van der Waals surface area contributed by atoms with E-state index in [1.165, 1.54) is 4.90 Å². The largest absolute Gasteiger partial charge is 0.377 e. The number of imide groups is 1. The fourth-order valence-corrected chi connectivity index (χ4v) is 1.12. The molecule has 1 unspecified atom stereocenters. The van der Waals surface area contributed by atoms with Crippen molar-refractivity contribution in [1.29, 1.82) is 0 Å². The molecular weight excluding hydrogens is 236 g/mol. The van der Waals surface area contributed by atoms with E-state index in [1.807, 2.05) is 20.8 Å². The molecule has 0 spiro atoms. The second kappa shape index (κ2) is 7.30. The number of carbonyl (C=O) groups is 2. The molecule has 0 aromatic heterocycles. The summed E-state index contributed by atoms with van der Waals surface area (Å²) in [5, 5.41) is 11.7. The average Bonchev–Trinajstić information content (AvgIpc) is 2.25. The van der Waals surface area contributed by atoms with Gasteiger partial charge in [-0.15, -0.1) is 0 Å². The zero-order chi connectivity index (χ0) is 14.3. The Balaban J connectivity index is 4.25. The van der Waals surface area contributed by atoms with E-state index in [-0.39, 0.29) is 24.7 Å². The van der Waals surface area contributed by atoms with Gasteiger partial charge in [0.1, 0.15) is 6.23 Å². The quantitative estimate of drug-likeness (QED) is 0.329. The number of hydrogen-bond acceptors (Lipinski definition) is 5. The zero-order valence-corrected chi connectivity index (χ0v) is 11.5. The van der Waals surface area contributed by atoms with Gasteiger partial charge in [0.25, 0.3) is 0 Å². The van der Waals surface area contributed by atoms with Gasteiger partial charge in [-0.2, -0.15) is 0 Å². The van der Waals surface area contributed by atoms with Gasteiger partial charge in [0.05, 0.1) is 0 Å². The first-order valence-corrected chi connectivity index (χ1v) is 5.84. The van der Waals surface area contributed by atoms with Gasteiger partial charge in [-0.05, 0) is 20.8 Å². The Morgan fingerprint density at radius 2 is 2.06 bits per heavy atom. The Kier molecular flexibility index (Phi) is 6.82. The maximum absolute atomic E-state index is 12.0. The van der Waals surface area contributed by atoms with Crippen molar-refractivity contribution in [3.05, 3.63) is 0 Å². The molecular formula is C11H24N4O3. The lowest BCUT2D eigenvalue weighted by Crippen LogP contribution is -2.50. The number of amides is 3. The predicted molar refractivity (Wildman–Crippen MR) is 68.7 cm³/mol. The van der Waals surface area contributed by atoms with E-state index in [4.69, 9.17) is 10.8 Å². The molecule has 106 valence electrons. The third kappa shape index (κ3) is 5.95. The van der Waals surface area contributed by atoms with Gasteiger partial charge >= 0.3 is 6.03 Å². The Labute approximate surface area is 108 Å². The van der Waals surface area contributed by atoms with Gasteiger partial charge in [0.2, 0.25) is 6.41 Å². The SMILES string of the molecule is CN(C(=O)N(C=O)CCNCC(N)O)C(C)(C)C. The van der Waals surface area contributed by atoms with E-state index >= 15 is 0 Å². The molecule has 0 saturated heterocycles. The minimum absolute atomic E-state index is 0.218. The molecule has 7 nitrogen and oxygen atoms in total. The monoisotopic (exact) mass is 260 g/mol. The minimum atomic E-state index is -0.942. The van der Waals surface area contributed by atoms with Crippen molar-refractivity contribution in [3.8, 4) is 0 Å². The van der Waals surface area contributed by atoms with Gasteiger partial charge in [0, 0.05) is 32.2 Å². The van der Waals surface area contributed by atoms with Crippen molar-refractivity contribution in [2.75, 3.05) is 26.7 Å². The van der Waals surface area contributed by atoms with Crippen LogP contribution in [0.1, 0.15) is 20.8 Å². The smallest absolute Gasteiger partial charge is 0.326 e. The normalized spacial score (nSPS) is 13.0. The fraction of sp³-hybridized carbons (Fsp3) is 0.818. The van der Waals surface area contributed by atoms with Crippen molar-refractivity contribution in [2.24, 2.45) is 5.73 Å². The molecule has 0 radical (unpaired) electrons. The van der Waals surface area contributed by atoms with Crippen molar-refractivity contribution in [2.45, 2.75) is 32.5 Å². The number of carbonyl (C=O) groups excluding carboxylic acids is 2. The Morgan fingerprint density at radius 1 is 1.50 bits per heavy atom. The lowest BCUT2D eigenvalue weighted by Gasteiger charge is -2.34. The summed E-state index contributed by atoms with van der Waals surface area (Å²) in [7, 11) is 1.65. The molecule has 0 fully saturated rings. The number of aliphatic hydroxyl groups is 1. The van der Waals surface area contributed by atoms with Crippen LogP contribution in [0.5, 0.6) is 0 Å². The van der Waals surface area contributed by atoms with Crippen LogP contribution in [0.2, 0.25) is 0 Å². The molecule has 7 heteroatoms. The third-order valence-electron chi connectivity index (χ3n) is 2.55. The maximum Gasteiger partial charge on any atom is 0.326 e. The first-order valence-electron chi connectivity index (χ1n) is 5.84. The number of hydrogen-bond donors (Lipinski definition) is 3. The van der Waals surface area contributed by atoms with Gasteiger partial charge in [-0.3, -0.25) is 9.69 Å². The Hall–Kier alpha value is -1.18. The van der Waals surface area contributed by atoms with Gasteiger partial charge in [0.15, 0.2) is 0 Å². The van der Waals surface area contributed by atoms with Crippen LogP contribution in [0.15, 0.2) is 0 Å². The van der Waals surface area contributed by atoms with Crippen LogP contribution >= 0.6 is 0 Å². The number of rotatable bonds is 6. The number of aliphatic hydroxyl groups excluding tert-OH is 1. The number of nitrogens with zero attached hydrogens (tertiary/aromatic N) is 2. The van der Waals surface area contributed by atoms with Crippen LogP contribution in [0.25, 0.3) is 0 Å². The van der Waals surface area contributed by atoms with Crippen LogP contribution in [-0.2, 0) is 4.79 Å². The molecule has 0 heterocycles. The average molecular weight is 260 g/mol. The second-order valence-corrected chi connectivity index (χ2v) is 5.08. The lowest BCUT2D eigenvalue weighted by atomic mass is 10.1. The maximum atomic E-state index is 12.0. The molecule has 0 rings (SSSR count). The van der Waals surface area contributed by atoms with Gasteiger partial charge in [-0.1, -0.05) is 0 Å². The third-order valence-corrected chi connectivity index (χ3v) is 2.55. The van der Waals surface area contributed by atoms with Crippen LogP contribution < -0.4 is 11.1 Å². The molecule has 0 bridgehead atoms. The number of urea groups is 1. The lowest BCUT2D eigenvalue weighted by molar-refractivity contribution is -0.116. The summed E-state index contributed by atoms with van der Waals surface area (Å²) < 4.78 is 0. The summed E-state index contributed by atoms with van der Waals surface area (Å²) in [6.07, 6.45) is -0.437. The van der Waals surface area contributed by atoms with Crippen molar-refractivity contribution in [1.82, 2.24) is 15.1 Å². The van der Waals surface area contributed by atoms with E-state index in [2.05, 4.69) is 5.32 Å². The fourth-order valence-electron chi connectivity index (χ4n) is 1.12. The number of nitrogens with one attached hydrogen (secondary N) is 1. The number of nitrogens with two attached hydrogens (primary N) is 1. The van der Waals surface area contributed by atoms with Crippen LogP contribution in [0.4, 0.5) is 4.79 Å². The zero-order valence-electron chi connectivity index (χ0n) is 11.5. The molecule has 4 N–H and O–H groups in total. The van der Waals surface area contributed by atoms with Gasteiger partial charge < -0.3 is 21.1 Å². The first-order chi connectivity index (χ1) is 8.20. The summed E-state index contributed by atoms with van der Waals surface area (Å²) in [6.45, 7) is 6.49. The molecule has 0 aliphatic rings. The summed E-state index contributed by atoms with van der Waals surface area (Å²) in [5.74, 6) is 0. The van der Waals surface area contributed by atoms with Crippen molar-refractivity contribution in [3.63, 3.8) is 0 Å². The highest BCUT2D eigenvalue weighted by Gasteiger charge is 2.26. The first kappa shape index (κ1) is 16.8. The van der Waals surface area contributed by atoms with Crippen LogP contribution in [0, 0.1) is 0 Å². The highest BCUT2D eigenvalue weighted by molar-refractivity contribution is 5.85. The van der Waals surface area contributed by atoms with Crippen molar-refractivity contribution < 1.29 is 14.7 Å². The van der Waals surface area contributed by atoms with E-state index in [1.54, 1.807) is 7.05 Å². The molecule has 0 aliphatic carbocycles. The molecule has 0 aliphatic heterocycles. The Morgan fingerprint density at radius 3 is 2.44 bits per heavy atom. The summed E-state index contributed by atoms with van der Waals surface area (Å²) in [5.41, 5.74) is 4.79. The van der Waals surface area contributed by atoms with Gasteiger partial charge in [-0.25, -0.2) is 4.79 Å². The highest BCUT2D eigenvalue weighted by atomic mass is 16.3. The molecule has 3 amide bonds. The summed E-state index contributed by atoms with van der Waals surface area (Å²) in [4.78, 5) is 25.4. The summed E-state index contributed by atoms with van der Waals surface area (Å²) >= 11 is 0. The van der Waals surface area contributed by atoms with E-state index in [9.17, 15) is 9.59 Å². The molecule has 1 atom stereocenters. The standard InChI is InChI=1S/C11H24N4O3/c1-11(2,3)14(4)10(18)15(8-16)6-5-13-7-9(12)17/h8-9,13,17H,5-7,12H2,1-4H3. The van der Waals surface area contributed by atoms with Crippen molar-refractivity contribution >= 4 is 12.4 Å². The minimum Gasteiger partial charge on any atom is -0.377 e. The Bertz CT molecular complexity index is 276. The second-order valence-electron chi connectivity index (χ2n) is 5.08. The van der Waals surface area contributed by atoms with E-state index < -0.39 is 6.23 Å². The molecule has 0 aromatic rings. The molecule has 18 heavy (non-hydrogen) atoms. The van der Waals surface area contributed by atoms with E-state index in [0.29, 0.717) is 13.0 Å².